The van der Waals surface area contributed by atoms with E-state index >= 15 is 0 Å². The van der Waals surface area contributed by atoms with Gasteiger partial charge >= 0.3 is 0 Å². The quantitative estimate of drug-likeness (QED) is 0.612. The Kier molecular flexibility index (Phi) is 8.29. The van der Waals surface area contributed by atoms with Gasteiger partial charge in [0.2, 0.25) is 0 Å². The highest BCUT2D eigenvalue weighted by molar-refractivity contribution is 7.94. The number of nitrogens with zero attached hydrogens (tertiary/aromatic N) is 2. The molecular weight excluding hydrogens is 220 g/mol. The van der Waals surface area contributed by atoms with Crippen molar-refractivity contribution in [3.63, 3.8) is 0 Å². The number of rotatable bonds is 8. The maximum Gasteiger partial charge on any atom is 0.0603 e. The minimum Gasteiger partial charge on any atom is -0.379 e. The minimum atomic E-state index is 0.891. The Bertz CT molecular complexity index is 155. The number of hydrogen-bond acceptors (Lipinski definition) is 4. The van der Waals surface area contributed by atoms with Crippen molar-refractivity contribution in [2.24, 2.45) is 0 Å². The number of ether oxygens (including phenoxy) is 1. The van der Waals surface area contributed by atoms with Crippen LogP contribution in [0.15, 0.2) is 0 Å². The fourth-order valence-corrected chi connectivity index (χ4v) is 2.71. The molecule has 0 bridgehead atoms. The average Bonchev–Trinajstić information content (AvgIpc) is 2.34. The molecule has 0 atom stereocenters. The van der Waals surface area contributed by atoms with Gasteiger partial charge in [-0.15, -0.1) is 0 Å². The van der Waals surface area contributed by atoms with Crippen LogP contribution in [0.4, 0.5) is 0 Å². The van der Waals surface area contributed by atoms with Gasteiger partial charge in [0.15, 0.2) is 0 Å². The van der Waals surface area contributed by atoms with Crippen molar-refractivity contribution in [3.8, 4) is 0 Å². The second-order valence-corrected chi connectivity index (χ2v) is 5.46. The zero-order valence-corrected chi connectivity index (χ0v) is 11.6. The van der Waals surface area contributed by atoms with Crippen LogP contribution < -0.4 is 0 Å². The van der Waals surface area contributed by atoms with Crippen molar-refractivity contribution in [3.05, 3.63) is 0 Å². The van der Waals surface area contributed by atoms with Crippen LogP contribution in [0.1, 0.15) is 39.5 Å². The Balaban J connectivity index is 2.23. The molecule has 16 heavy (non-hydrogen) atoms. The van der Waals surface area contributed by atoms with Gasteiger partial charge in [-0.2, -0.15) is 0 Å². The summed E-state index contributed by atoms with van der Waals surface area (Å²) in [5, 5.41) is 0. The van der Waals surface area contributed by atoms with Gasteiger partial charge < -0.3 is 4.74 Å². The molecule has 0 amide bonds. The van der Waals surface area contributed by atoms with Crippen molar-refractivity contribution >= 4 is 12.1 Å². The molecular formula is C12H26N2OS. The van der Waals surface area contributed by atoms with Gasteiger partial charge in [-0.1, -0.05) is 26.7 Å². The smallest absolute Gasteiger partial charge is 0.0603 e. The average molecular weight is 246 g/mol. The first-order chi connectivity index (χ1) is 7.86. The molecule has 0 saturated carbocycles. The van der Waals surface area contributed by atoms with E-state index in [0.717, 1.165) is 26.3 Å². The van der Waals surface area contributed by atoms with E-state index in [0.29, 0.717) is 0 Å². The topological polar surface area (TPSA) is 15.7 Å². The number of hydrogen-bond donors (Lipinski definition) is 0. The molecule has 96 valence electrons. The molecule has 1 fully saturated rings. The van der Waals surface area contributed by atoms with Crippen molar-refractivity contribution in [1.29, 1.82) is 0 Å². The molecule has 0 aromatic rings. The van der Waals surface area contributed by atoms with Crippen LogP contribution in [0.25, 0.3) is 0 Å². The van der Waals surface area contributed by atoms with Gasteiger partial charge in [-0.3, -0.25) is 0 Å². The Labute approximate surface area is 105 Å². The Morgan fingerprint density at radius 2 is 1.62 bits per heavy atom. The van der Waals surface area contributed by atoms with Crippen molar-refractivity contribution in [1.82, 2.24) is 8.61 Å². The molecule has 3 nitrogen and oxygen atoms in total. The second-order valence-electron chi connectivity index (χ2n) is 4.26. The molecule has 0 spiro atoms. The highest BCUT2D eigenvalue weighted by Crippen LogP contribution is 2.19. The highest BCUT2D eigenvalue weighted by atomic mass is 32.2. The molecule has 4 heteroatoms. The Morgan fingerprint density at radius 3 is 2.12 bits per heavy atom. The normalized spacial score (nSPS) is 18.2. The van der Waals surface area contributed by atoms with Gasteiger partial charge in [0.1, 0.15) is 0 Å². The molecule has 1 aliphatic heterocycles. The lowest BCUT2D eigenvalue weighted by Crippen LogP contribution is -2.35. The molecule has 1 saturated heterocycles. The fraction of sp³-hybridized carbons (Fsp3) is 1.00. The van der Waals surface area contributed by atoms with Gasteiger partial charge in [-0.25, -0.2) is 8.61 Å². The summed E-state index contributed by atoms with van der Waals surface area (Å²) in [4.78, 5) is 0. The summed E-state index contributed by atoms with van der Waals surface area (Å²) in [6, 6.07) is 0. The van der Waals surface area contributed by atoms with Gasteiger partial charge in [0, 0.05) is 38.3 Å². The third kappa shape index (κ3) is 6.09. The lowest BCUT2D eigenvalue weighted by molar-refractivity contribution is 0.0757. The lowest BCUT2D eigenvalue weighted by Gasteiger charge is -2.31. The Hall–Kier alpha value is 0.230. The zero-order chi connectivity index (χ0) is 11.6. The summed E-state index contributed by atoms with van der Waals surface area (Å²) in [6.45, 7) is 10.9. The predicted molar refractivity (Wildman–Crippen MR) is 71.4 cm³/mol. The summed E-state index contributed by atoms with van der Waals surface area (Å²) in [6.07, 6.45) is 5.18. The molecule has 0 aromatic heterocycles. The van der Waals surface area contributed by atoms with Gasteiger partial charge in [0.05, 0.1) is 13.2 Å². The van der Waals surface area contributed by atoms with E-state index in [9.17, 15) is 0 Å². The van der Waals surface area contributed by atoms with E-state index in [4.69, 9.17) is 4.74 Å². The van der Waals surface area contributed by atoms with Crippen molar-refractivity contribution in [2.75, 3.05) is 39.4 Å². The Morgan fingerprint density at radius 1 is 1.06 bits per heavy atom. The molecule has 0 radical (unpaired) electrons. The third-order valence-electron chi connectivity index (χ3n) is 2.72. The van der Waals surface area contributed by atoms with Crippen molar-refractivity contribution in [2.45, 2.75) is 39.5 Å². The summed E-state index contributed by atoms with van der Waals surface area (Å²) in [7, 11) is 0. The highest BCUT2D eigenvalue weighted by Gasteiger charge is 2.15. The first-order valence-corrected chi connectivity index (χ1v) is 7.35. The molecule has 0 unspecified atom stereocenters. The molecule has 1 heterocycles. The van der Waals surface area contributed by atoms with Crippen LogP contribution >= 0.6 is 12.1 Å². The van der Waals surface area contributed by atoms with E-state index < -0.39 is 0 Å². The largest absolute Gasteiger partial charge is 0.379 e. The first kappa shape index (κ1) is 14.3. The fourth-order valence-electron chi connectivity index (χ4n) is 1.65. The molecule has 1 aliphatic rings. The summed E-state index contributed by atoms with van der Waals surface area (Å²) < 4.78 is 10.3. The minimum absolute atomic E-state index is 0.891. The maximum atomic E-state index is 5.37. The van der Waals surface area contributed by atoms with E-state index in [-0.39, 0.29) is 0 Å². The third-order valence-corrected chi connectivity index (χ3v) is 3.92. The maximum absolute atomic E-state index is 5.37. The predicted octanol–water partition coefficient (Wildman–Crippen LogP) is 2.78. The molecule has 1 rings (SSSR count). The van der Waals surface area contributed by atoms with Crippen LogP contribution in [-0.4, -0.2) is 48.0 Å². The van der Waals surface area contributed by atoms with Crippen LogP contribution in [0.5, 0.6) is 0 Å². The summed E-state index contributed by atoms with van der Waals surface area (Å²) >= 11 is 1.93. The van der Waals surface area contributed by atoms with Gasteiger partial charge in [-0.05, 0) is 12.8 Å². The van der Waals surface area contributed by atoms with Crippen molar-refractivity contribution < 1.29 is 4.74 Å². The molecule has 0 N–H and O–H groups in total. The van der Waals surface area contributed by atoms with E-state index in [1.54, 1.807) is 0 Å². The SMILES string of the molecule is CCCCN(CCCC)SN1CCOCC1. The molecule has 0 aliphatic carbocycles. The van der Waals surface area contributed by atoms with Crippen LogP contribution in [-0.2, 0) is 4.74 Å². The summed E-state index contributed by atoms with van der Waals surface area (Å²) in [5.41, 5.74) is 0. The van der Waals surface area contributed by atoms with Crippen LogP contribution in [0, 0.1) is 0 Å². The van der Waals surface area contributed by atoms with E-state index in [2.05, 4.69) is 22.5 Å². The van der Waals surface area contributed by atoms with E-state index in [1.165, 1.54) is 38.8 Å². The van der Waals surface area contributed by atoms with Crippen LogP contribution in [0.3, 0.4) is 0 Å². The van der Waals surface area contributed by atoms with E-state index in [1.807, 2.05) is 12.1 Å². The van der Waals surface area contributed by atoms with Gasteiger partial charge in [0.25, 0.3) is 0 Å². The standard InChI is InChI=1S/C12H26N2OS/c1-3-5-7-13(8-6-4-2)16-14-9-11-15-12-10-14/h3-12H2,1-2H3. The second kappa shape index (κ2) is 9.28. The zero-order valence-electron chi connectivity index (χ0n) is 10.8. The molecule has 0 aromatic carbocycles. The number of unbranched alkanes of at least 4 members (excludes halogenated alkanes) is 2. The lowest BCUT2D eigenvalue weighted by atomic mass is 10.3. The first-order valence-electron chi connectivity index (χ1n) is 6.62. The monoisotopic (exact) mass is 246 g/mol. The summed E-state index contributed by atoms with van der Waals surface area (Å²) in [5.74, 6) is 0. The van der Waals surface area contributed by atoms with Crippen LogP contribution in [0.2, 0.25) is 0 Å². The number of morpholine rings is 1.